The highest BCUT2D eigenvalue weighted by molar-refractivity contribution is 5.31. The zero-order valence-electron chi connectivity index (χ0n) is 16.5. The fraction of sp³-hybridized carbons (Fsp3) is 0.500. The summed E-state index contributed by atoms with van der Waals surface area (Å²) in [5.74, 6) is 0.0380. The van der Waals surface area contributed by atoms with Crippen molar-refractivity contribution in [2.24, 2.45) is 0 Å². The van der Waals surface area contributed by atoms with Gasteiger partial charge in [-0.1, -0.05) is 86.8 Å². The van der Waals surface area contributed by atoms with Crippen LogP contribution in [0.3, 0.4) is 0 Å². The maximum Gasteiger partial charge on any atom is 0.0977 e. The van der Waals surface area contributed by atoms with E-state index in [1.54, 1.807) is 0 Å². The van der Waals surface area contributed by atoms with Crippen LogP contribution in [-0.2, 0) is 10.3 Å². The summed E-state index contributed by atoms with van der Waals surface area (Å²) in [6.45, 7) is 6.49. The minimum atomic E-state index is -0.865. The largest absolute Gasteiger partial charge is 0.384 e. The van der Waals surface area contributed by atoms with Crippen molar-refractivity contribution >= 4 is 0 Å². The second-order valence-electron chi connectivity index (χ2n) is 7.62. The van der Waals surface area contributed by atoms with E-state index in [1.165, 1.54) is 5.56 Å². The second kappa shape index (κ2) is 10.0. The predicted molar refractivity (Wildman–Crippen MR) is 111 cm³/mol. The number of rotatable bonds is 9. The SMILES string of the molecule is CCCCC[C@@](O)(c1ccccc1)[C@@H](CN1CCOCC1)c1ccccc1. The second-order valence-corrected chi connectivity index (χ2v) is 7.62. The van der Waals surface area contributed by atoms with E-state index in [1.807, 2.05) is 24.3 Å². The van der Waals surface area contributed by atoms with Crippen molar-refractivity contribution in [3.63, 3.8) is 0 Å². The Hall–Kier alpha value is -1.68. The van der Waals surface area contributed by atoms with Crippen LogP contribution in [0.5, 0.6) is 0 Å². The van der Waals surface area contributed by atoms with Crippen molar-refractivity contribution in [2.45, 2.75) is 44.1 Å². The molecule has 0 amide bonds. The summed E-state index contributed by atoms with van der Waals surface area (Å²) >= 11 is 0. The number of unbranched alkanes of at least 4 members (excludes halogenated alkanes) is 2. The van der Waals surface area contributed by atoms with Crippen molar-refractivity contribution < 1.29 is 9.84 Å². The van der Waals surface area contributed by atoms with Crippen molar-refractivity contribution in [3.8, 4) is 0 Å². The summed E-state index contributed by atoms with van der Waals surface area (Å²) in [4.78, 5) is 2.44. The van der Waals surface area contributed by atoms with Gasteiger partial charge in [0.05, 0.1) is 18.8 Å². The third-order valence-corrected chi connectivity index (χ3v) is 5.76. The Bertz CT molecular complexity index is 655. The maximum atomic E-state index is 12.1. The number of ether oxygens (including phenoxy) is 1. The summed E-state index contributed by atoms with van der Waals surface area (Å²) in [7, 11) is 0. The van der Waals surface area contributed by atoms with Gasteiger partial charge in [0.1, 0.15) is 0 Å². The van der Waals surface area contributed by atoms with Gasteiger partial charge in [0.2, 0.25) is 0 Å². The van der Waals surface area contributed by atoms with Crippen LogP contribution >= 0.6 is 0 Å². The molecule has 1 heterocycles. The van der Waals surface area contributed by atoms with Crippen LogP contribution in [-0.4, -0.2) is 42.9 Å². The third kappa shape index (κ3) is 5.19. The number of morpholine rings is 1. The Kier molecular flexibility index (Phi) is 7.45. The molecule has 3 rings (SSSR count). The molecule has 1 aliphatic heterocycles. The molecule has 0 spiro atoms. The molecular weight excluding hydrogens is 334 g/mol. The molecule has 3 heteroatoms. The first-order chi connectivity index (χ1) is 13.2. The smallest absolute Gasteiger partial charge is 0.0977 e. The van der Waals surface area contributed by atoms with E-state index >= 15 is 0 Å². The van der Waals surface area contributed by atoms with E-state index in [4.69, 9.17) is 4.74 Å². The standard InChI is InChI=1S/C24H33NO2/c1-2-3-10-15-24(26,22-13-8-5-9-14-22)23(21-11-6-4-7-12-21)20-25-16-18-27-19-17-25/h4-9,11-14,23,26H,2-3,10,15-20H2,1H3/t23-,24+/m0/s1. The van der Waals surface area contributed by atoms with Gasteiger partial charge in [-0.05, 0) is 17.5 Å². The van der Waals surface area contributed by atoms with E-state index in [-0.39, 0.29) is 5.92 Å². The van der Waals surface area contributed by atoms with Gasteiger partial charge < -0.3 is 9.84 Å². The Morgan fingerprint density at radius 3 is 2.22 bits per heavy atom. The van der Waals surface area contributed by atoms with Crippen LogP contribution in [0.2, 0.25) is 0 Å². The third-order valence-electron chi connectivity index (χ3n) is 5.76. The van der Waals surface area contributed by atoms with E-state index < -0.39 is 5.60 Å². The molecule has 1 fully saturated rings. The van der Waals surface area contributed by atoms with Gasteiger partial charge in [-0.3, -0.25) is 4.90 Å². The lowest BCUT2D eigenvalue weighted by molar-refractivity contribution is -0.0295. The highest BCUT2D eigenvalue weighted by Gasteiger charge is 2.39. The normalized spacial score (nSPS) is 18.7. The molecule has 2 aromatic carbocycles. The topological polar surface area (TPSA) is 32.7 Å². The Labute approximate surface area is 164 Å². The first kappa shape index (κ1) is 20.1. The van der Waals surface area contributed by atoms with Crippen molar-refractivity contribution in [1.82, 2.24) is 4.90 Å². The summed E-state index contributed by atoms with van der Waals surface area (Å²) in [5, 5.41) is 12.1. The molecule has 1 N–H and O–H groups in total. The van der Waals surface area contributed by atoms with Gasteiger partial charge in [0.25, 0.3) is 0 Å². The highest BCUT2D eigenvalue weighted by Crippen LogP contribution is 2.41. The molecule has 0 aromatic heterocycles. The number of benzene rings is 2. The van der Waals surface area contributed by atoms with Crippen molar-refractivity contribution in [3.05, 3.63) is 71.8 Å². The van der Waals surface area contributed by atoms with Crippen LogP contribution in [0, 0.1) is 0 Å². The van der Waals surface area contributed by atoms with E-state index in [0.717, 1.165) is 64.1 Å². The zero-order valence-corrected chi connectivity index (χ0v) is 16.5. The average Bonchev–Trinajstić information content (AvgIpc) is 2.74. The minimum Gasteiger partial charge on any atom is -0.384 e. The van der Waals surface area contributed by atoms with Crippen LogP contribution in [0.1, 0.15) is 49.7 Å². The van der Waals surface area contributed by atoms with Gasteiger partial charge in [-0.25, -0.2) is 0 Å². The highest BCUT2D eigenvalue weighted by atomic mass is 16.5. The first-order valence-electron chi connectivity index (χ1n) is 10.4. The molecule has 27 heavy (non-hydrogen) atoms. The lowest BCUT2D eigenvalue weighted by Crippen LogP contribution is -2.45. The molecule has 2 atom stereocenters. The van der Waals surface area contributed by atoms with E-state index in [9.17, 15) is 5.11 Å². The van der Waals surface area contributed by atoms with Gasteiger partial charge in [-0.15, -0.1) is 0 Å². The summed E-state index contributed by atoms with van der Waals surface area (Å²) < 4.78 is 5.53. The quantitative estimate of drug-likeness (QED) is 0.659. The van der Waals surface area contributed by atoms with Crippen LogP contribution in [0.25, 0.3) is 0 Å². The van der Waals surface area contributed by atoms with Crippen molar-refractivity contribution in [1.29, 1.82) is 0 Å². The first-order valence-corrected chi connectivity index (χ1v) is 10.4. The van der Waals surface area contributed by atoms with E-state index in [2.05, 4.69) is 48.2 Å². The Morgan fingerprint density at radius 2 is 1.59 bits per heavy atom. The number of hydrogen-bond acceptors (Lipinski definition) is 3. The van der Waals surface area contributed by atoms with Gasteiger partial charge in [0, 0.05) is 25.6 Å². The monoisotopic (exact) mass is 367 g/mol. The fourth-order valence-corrected chi connectivity index (χ4v) is 4.15. The minimum absolute atomic E-state index is 0.0380. The fourth-order valence-electron chi connectivity index (χ4n) is 4.15. The molecule has 2 aromatic rings. The molecule has 1 saturated heterocycles. The summed E-state index contributed by atoms with van der Waals surface area (Å²) in [5.41, 5.74) is 1.38. The molecule has 1 aliphatic rings. The molecule has 3 nitrogen and oxygen atoms in total. The van der Waals surface area contributed by atoms with Gasteiger partial charge in [-0.2, -0.15) is 0 Å². The maximum absolute atomic E-state index is 12.1. The number of aliphatic hydroxyl groups is 1. The van der Waals surface area contributed by atoms with Crippen LogP contribution < -0.4 is 0 Å². The van der Waals surface area contributed by atoms with Crippen molar-refractivity contribution in [2.75, 3.05) is 32.8 Å². The van der Waals surface area contributed by atoms with Crippen LogP contribution in [0.15, 0.2) is 60.7 Å². The average molecular weight is 368 g/mol. The summed E-state index contributed by atoms with van der Waals surface area (Å²) in [6.07, 6.45) is 4.13. The van der Waals surface area contributed by atoms with Gasteiger partial charge in [0.15, 0.2) is 0 Å². The molecule has 0 radical (unpaired) electrons. The molecule has 0 saturated carbocycles. The van der Waals surface area contributed by atoms with Crippen LogP contribution in [0.4, 0.5) is 0 Å². The molecule has 146 valence electrons. The van der Waals surface area contributed by atoms with E-state index in [0.29, 0.717) is 0 Å². The lowest BCUT2D eigenvalue weighted by atomic mass is 9.74. The number of nitrogens with zero attached hydrogens (tertiary/aromatic N) is 1. The predicted octanol–water partition coefficient (Wildman–Crippen LogP) is 4.57. The number of hydrogen-bond donors (Lipinski definition) is 1. The Balaban J connectivity index is 1.95. The zero-order chi connectivity index (χ0) is 19.0. The summed E-state index contributed by atoms with van der Waals surface area (Å²) in [6, 6.07) is 20.8. The Morgan fingerprint density at radius 1 is 0.963 bits per heavy atom. The molecule has 0 unspecified atom stereocenters. The molecule has 0 bridgehead atoms. The molecular formula is C24H33NO2. The lowest BCUT2D eigenvalue weighted by Gasteiger charge is -2.41. The van der Waals surface area contributed by atoms with Gasteiger partial charge >= 0.3 is 0 Å². The molecule has 0 aliphatic carbocycles.